The molecule has 0 saturated heterocycles. The van der Waals surface area contributed by atoms with Gasteiger partial charge in [0, 0.05) is 0 Å². The van der Waals surface area contributed by atoms with Gasteiger partial charge in [0.2, 0.25) is 0 Å². The number of hydrogen-bond donors (Lipinski definition) is 0. The molecule has 0 atom stereocenters. The molecule has 0 heteroatoms. The van der Waals surface area contributed by atoms with Crippen LogP contribution in [0.3, 0.4) is 0 Å². The molecule has 0 aliphatic heterocycles. The van der Waals surface area contributed by atoms with E-state index in [2.05, 4.69) is 183 Å². The lowest BCUT2D eigenvalue weighted by atomic mass is 9.95. The second-order valence-electron chi connectivity index (χ2n) is 9.93. The van der Waals surface area contributed by atoms with Gasteiger partial charge >= 0.3 is 0 Å². The molecular weight excluding hydrogens is 480 g/mol. The van der Waals surface area contributed by atoms with Crippen LogP contribution in [0.2, 0.25) is 0 Å². The van der Waals surface area contributed by atoms with Crippen LogP contribution in [0, 0.1) is 6.92 Å². The fourth-order valence-electron chi connectivity index (χ4n) is 4.68. The summed E-state index contributed by atoms with van der Waals surface area (Å²) in [6.45, 7) is 2.12. The summed E-state index contributed by atoms with van der Waals surface area (Å²) in [4.78, 5) is 0. The molecule has 0 radical (unpaired) electrons. The Labute approximate surface area is 238 Å². The van der Waals surface area contributed by atoms with E-state index < -0.39 is 0 Å². The van der Waals surface area contributed by atoms with Gasteiger partial charge in [0.05, 0.1) is 0 Å². The van der Waals surface area contributed by atoms with Crippen molar-refractivity contribution in [3.05, 3.63) is 203 Å². The van der Waals surface area contributed by atoms with Gasteiger partial charge in [0.1, 0.15) is 0 Å². The minimum atomic E-state index is 1.03. The first-order chi connectivity index (χ1) is 19.7. The van der Waals surface area contributed by atoms with Crippen LogP contribution >= 0.6 is 0 Å². The van der Waals surface area contributed by atoms with E-state index in [1.807, 2.05) is 0 Å². The van der Waals surface area contributed by atoms with Crippen molar-refractivity contribution in [2.24, 2.45) is 0 Å². The molecule has 0 aliphatic rings. The first kappa shape index (κ1) is 26.7. The van der Waals surface area contributed by atoms with Crippen molar-refractivity contribution in [1.29, 1.82) is 0 Å². The van der Waals surface area contributed by atoms with Crippen LogP contribution in [-0.4, -0.2) is 0 Å². The van der Waals surface area contributed by atoms with E-state index in [0.717, 1.165) is 6.42 Å². The molecule has 0 N–H and O–H groups in total. The summed E-state index contributed by atoms with van der Waals surface area (Å²) in [7, 11) is 0. The predicted octanol–water partition coefficient (Wildman–Crippen LogP) is 10.5. The highest BCUT2D eigenvalue weighted by Gasteiger charge is 2.05. The van der Waals surface area contributed by atoms with Gasteiger partial charge in [-0.15, -0.1) is 0 Å². The van der Waals surface area contributed by atoms with E-state index >= 15 is 0 Å². The molecule has 0 fully saturated rings. The van der Waals surface area contributed by atoms with E-state index in [1.165, 1.54) is 50.1 Å². The molecule has 0 aromatic heterocycles. The molecule has 6 aromatic rings. The number of hydrogen-bond acceptors (Lipinski definition) is 0. The minimum Gasteiger partial charge on any atom is -0.0622 e. The maximum Gasteiger partial charge on any atom is -0.00258 e. The average Bonchev–Trinajstić information content (AvgIpc) is 3.03. The zero-order valence-corrected chi connectivity index (χ0v) is 23.0. The molecule has 0 saturated carbocycles. The molecule has 0 bridgehead atoms. The molecule has 0 spiro atoms. The van der Waals surface area contributed by atoms with Crippen LogP contribution in [0.1, 0.15) is 33.4 Å². The first-order valence-corrected chi connectivity index (χ1v) is 13.8. The van der Waals surface area contributed by atoms with Crippen LogP contribution in [0.25, 0.3) is 22.8 Å². The smallest absolute Gasteiger partial charge is 0.00258 e. The molecule has 40 heavy (non-hydrogen) atoms. The minimum absolute atomic E-state index is 1.03. The van der Waals surface area contributed by atoms with Crippen LogP contribution in [0.5, 0.6) is 0 Å². The predicted molar refractivity (Wildman–Crippen MR) is 172 cm³/mol. The van der Waals surface area contributed by atoms with E-state index in [4.69, 9.17) is 0 Å². The number of benzene rings is 6. The highest BCUT2D eigenvalue weighted by atomic mass is 14.1. The van der Waals surface area contributed by atoms with E-state index in [1.54, 1.807) is 0 Å². The zero-order chi connectivity index (χ0) is 27.4. The van der Waals surface area contributed by atoms with Gasteiger partial charge in [-0.25, -0.2) is 0 Å². The Morgan fingerprint density at radius 3 is 1.23 bits per heavy atom. The lowest BCUT2D eigenvalue weighted by Crippen LogP contribution is -1.88. The van der Waals surface area contributed by atoms with Gasteiger partial charge in [-0.2, -0.15) is 0 Å². The third kappa shape index (κ3) is 7.56. The number of aryl methyl sites for hydroxylation is 1. The fourth-order valence-corrected chi connectivity index (χ4v) is 4.68. The van der Waals surface area contributed by atoms with Crippen LogP contribution in [-0.2, 0) is 6.42 Å². The molecule has 0 amide bonds. The van der Waals surface area contributed by atoms with Gasteiger partial charge in [-0.3, -0.25) is 0 Å². The molecule has 194 valence electrons. The van der Waals surface area contributed by atoms with Crippen LogP contribution in [0.15, 0.2) is 170 Å². The lowest BCUT2D eigenvalue weighted by molar-refractivity contribution is 1.19. The maximum absolute atomic E-state index is 2.27. The summed E-state index contributed by atoms with van der Waals surface area (Å²) in [5.74, 6) is 0. The molecule has 0 heterocycles. The summed E-state index contributed by atoms with van der Waals surface area (Å²) >= 11 is 0. The third-order valence-corrected chi connectivity index (χ3v) is 6.87. The fraction of sp³-hybridized carbons (Fsp3) is 0.0500. The van der Waals surface area contributed by atoms with Crippen molar-refractivity contribution in [3.8, 4) is 11.1 Å². The maximum atomic E-state index is 2.27. The SMILES string of the molecule is Cc1ccc(-c2ccc(C=C(c3ccccc3)c3ccccc3)cc2)cc1.c1ccc(Cc2ccccc2)cc1. The highest BCUT2D eigenvalue weighted by molar-refractivity contribution is 5.91. The van der Waals surface area contributed by atoms with Crippen molar-refractivity contribution >= 4 is 11.6 Å². The third-order valence-electron chi connectivity index (χ3n) is 6.87. The standard InChI is InChI=1S/C27H22.C13H12/c1-21-12-16-23(17-13-21)24-18-14-22(15-19-24)20-27(25-8-4-2-5-9-25)26-10-6-3-7-11-26;1-3-7-12(8-4-1)11-13-9-5-2-6-10-13/h2-20H,1H3;1-10H,11H2. The molecule has 6 rings (SSSR count). The summed E-state index contributed by atoms with van der Waals surface area (Å²) in [6.07, 6.45) is 3.30. The van der Waals surface area contributed by atoms with Crippen molar-refractivity contribution in [2.45, 2.75) is 13.3 Å². The molecule has 0 unspecified atom stereocenters. The van der Waals surface area contributed by atoms with E-state index in [0.29, 0.717) is 0 Å². The van der Waals surface area contributed by atoms with E-state index in [-0.39, 0.29) is 0 Å². The van der Waals surface area contributed by atoms with Gasteiger partial charge in [-0.1, -0.05) is 175 Å². The molecular formula is C40H34. The molecule has 0 aliphatic carbocycles. The van der Waals surface area contributed by atoms with Gasteiger partial charge < -0.3 is 0 Å². The van der Waals surface area contributed by atoms with Crippen molar-refractivity contribution in [1.82, 2.24) is 0 Å². The summed E-state index contributed by atoms with van der Waals surface area (Å²) in [5.41, 5.74) is 11.4. The monoisotopic (exact) mass is 514 g/mol. The quantitative estimate of drug-likeness (QED) is 0.194. The second kappa shape index (κ2) is 13.7. The van der Waals surface area contributed by atoms with Crippen molar-refractivity contribution in [3.63, 3.8) is 0 Å². The Hall–Kier alpha value is -4.94. The average molecular weight is 515 g/mol. The van der Waals surface area contributed by atoms with Crippen LogP contribution in [0.4, 0.5) is 0 Å². The summed E-state index contributed by atoms with van der Waals surface area (Å²) in [6, 6.07) is 59.7. The summed E-state index contributed by atoms with van der Waals surface area (Å²) < 4.78 is 0. The van der Waals surface area contributed by atoms with Gasteiger partial charge in [0.15, 0.2) is 0 Å². The van der Waals surface area contributed by atoms with Crippen molar-refractivity contribution < 1.29 is 0 Å². The topological polar surface area (TPSA) is 0 Å². The van der Waals surface area contributed by atoms with Gasteiger partial charge in [0.25, 0.3) is 0 Å². The highest BCUT2D eigenvalue weighted by Crippen LogP contribution is 2.27. The van der Waals surface area contributed by atoms with E-state index in [9.17, 15) is 0 Å². The number of rotatable bonds is 6. The van der Waals surface area contributed by atoms with Crippen molar-refractivity contribution in [2.75, 3.05) is 0 Å². The Morgan fingerprint density at radius 1 is 0.425 bits per heavy atom. The lowest BCUT2D eigenvalue weighted by Gasteiger charge is -2.09. The Balaban J connectivity index is 0.000000207. The first-order valence-electron chi connectivity index (χ1n) is 13.8. The Bertz CT molecular complexity index is 1520. The Morgan fingerprint density at radius 2 is 0.800 bits per heavy atom. The zero-order valence-electron chi connectivity index (χ0n) is 23.0. The van der Waals surface area contributed by atoms with Crippen LogP contribution < -0.4 is 0 Å². The Kier molecular flexibility index (Phi) is 9.15. The normalized spacial score (nSPS) is 10.2. The largest absolute Gasteiger partial charge is 0.0622 e. The molecule has 6 aromatic carbocycles. The van der Waals surface area contributed by atoms with Gasteiger partial charge in [-0.05, 0) is 63.9 Å². The second-order valence-corrected chi connectivity index (χ2v) is 9.93. The molecule has 0 nitrogen and oxygen atoms in total. The summed E-state index contributed by atoms with van der Waals surface area (Å²) in [5, 5.41) is 0.